The summed E-state index contributed by atoms with van der Waals surface area (Å²) in [5.74, 6) is 1.03. The summed E-state index contributed by atoms with van der Waals surface area (Å²) in [6, 6.07) is 3.45. The summed E-state index contributed by atoms with van der Waals surface area (Å²) in [6.45, 7) is 4.84. The van der Waals surface area contributed by atoms with Crippen LogP contribution in [0.3, 0.4) is 0 Å². The molecule has 1 amide bonds. The minimum Gasteiger partial charge on any atom is -0.493 e. The van der Waals surface area contributed by atoms with Gasteiger partial charge in [-0.05, 0) is 48.0 Å². The fraction of sp³-hybridized carbons (Fsp3) is 0.438. The summed E-state index contributed by atoms with van der Waals surface area (Å²) in [7, 11) is 1.56. The molecule has 0 fully saturated rings. The van der Waals surface area contributed by atoms with Crippen molar-refractivity contribution in [2.24, 2.45) is 0 Å². The van der Waals surface area contributed by atoms with E-state index in [1.807, 2.05) is 6.92 Å². The Hall–Kier alpha value is -1.24. The van der Waals surface area contributed by atoms with Gasteiger partial charge in [-0.3, -0.25) is 4.79 Å². The molecule has 1 heterocycles. The number of nitrogens with one attached hydrogen (secondary N) is 2. The van der Waals surface area contributed by atoms with E-state index in [9.17, 15) is 4.79 Å². The normalized spacial score (nSPS) is 13.6. The summed E-state index contributed by atoms with van der Waals surface area (Å²) < 4.78 is 11.5. The average Bonchev–Trinajstić information content (AvgIpc) is 2.55. The van der Waals surface area contributed by atoms with Crippen molar-refractivity contribution in [3.63, 3.8) is 0 Å². The molecule has 0 aromatic heterocycles. The zero-order valence-corrected chi connectivity index (χ0v) is 15.7. The number of amides is 1. The largest absolute Gasteiger partial charge is 0.493 e. The van der Waals surface area contributed by atoms with Gasteiger partial charge in [-0.1, -0.05) is 11.6 Å². The van der Waals surface area contributed by atoms with Crippen LogP contribution in [0.5, 0.6) is 11.5 Å². The Bertz CT molecular complexity index is 579. The lowest BCUT2D eigenvalue weighted by molar-refractivity contribution is 0.0956. The molecule has 0 bridgehead atoms. The summed E-state index contributed by atoms with van der Waals surface area (Å²) >= 11 is 3.43. The molecule has 1 aliphatic rings. The maximum atomic E-state index is 12.3. The van der Waals surface area contributed by atoms with Crippen LogP contribution in [0.4, 0.5) is 0 Å². The van der Waals surface area contributed by atoms with Crippen LogP contribution in [0, 0.1) is 0 Å². The van der Waals surface area contributed by atoms with E-state index in [2.05, 4.69) is 32.6 Å². The Morgan fingerprint density at radius 2 is 2.22 bits per heavy atom. The molecule has 1 aromatic carbocycles. The number of carbonyl (C=O) groups excluding carboxylic acids is 1. The molecule has 2 N–H and O–H groups in total. The standard InChI is InChI=1S/C16H21BrN2O3.ClH/c1-3-22-15-13(17)8-12(9-14(15)21-2)16(20)19-10-11-4-6-18-7-5-11;/h4,8-9,18H,3,5-7,10H2,1-2H3,(H,19,20);1H. The zero-order chi connectivity index (χ0) is 15.9. The van der Waals surface area contributed by atoms with Crippen molar-refractivity contribution in [2.75, 3.05) is 33.4 Å². The summed E-state index contributed by atoms with van der Waals surface area (Å²) in [4.78, 5) is 12.3. The smallest absolute Gasteiger partial charge is 0.251 e. The maximum absolute atomic E-state index is 12.3. The van der Waals surface area contributed by atoms with Crippen LogP contribution in [-0.4, -0.2) is 39.3 Å². The highest BCUT2D eigenvalue weighted by Gasteiger charge is 2.15. The summed E-state index contributed by atoms with van der Waals surface area (Å²) in [6.07, 6.45) is 3.09. The molecule has 0 aliphatic carbocycles. The van der Waals surface area contributed by atoms with Crippen LogP contribution >= 0.6 is 28.3 Å². The molecule has 1 aromatic rings. The van der Waals surface area contributed by atoms with Crippen molar-refractivity contribution in [2.45, 2.75) is 13.3 Å². The van der Waals surface area contributed by atoms with Gasteiger partial charge in [0.15, 0.2) is 11.5 Å². The molecule has 128 valence electrons. The van der Waals surface area contributed by atoms with Crippen LogP contribution < -0.4 is 20.1 Å². The molecule has 5 nitrogen and oxygen atoms in total. The first kappa shape index (κ1) is 19.8. The highest BCUT2D eigenvalue weighted by molar-refractivity contribution is 9.10. The first-order chi connectivity index (χ1) is 10.7. The third kappa shape index (κ3) is 5.41. The number of benzene rings is 1. The number of methoxy groups -OCH3 is 1. The molecule has 0 saturated carbocycles. The lowest BCUT2D eigenvalue weighted by atomic mass is 10.1. The zero-order valence-electron chi connectivity index (χ0n) is 13.3. The second-order valence-electron chi connectivity index (χ2n) is 4.92. The predicted octanol–water partition coefficient (Wildman–Crippen LogP) is 2.93. The van der Waals surface area contributed by atoms with Crippen LogP contribution in [0.1, 0.15) is 23.7 Å². The molecule has 23 heavy (non-hydrogen) atoms. The van der Waals surface area contributed by atoms with Gasteiger partial charge in [0.05, 0.1) is 18.2 Å². The molecule has 0 radical (unpaired) electrons. The quantitative estimate of drug-likeness (QED) is 0.715. The molecular weight excluding hydrogens is 384 g/mol. The van der Waals surface area contributed by atoms with Crippen LogP contribution in [0.25, 0.3) is 0 Å². The number of halogens is 2. The number of ether oxygens (including phenoxy) is 2. The van der Waals surface area contributed by atoms with Crippen molar-refractivity contribution in [3.8, 4) is 11.5 Å². The second kappa shape index (κ2) is 9.80. The van der Waals surface area contributed by atoms with E-state index in [4.69, 9.17) is 9.47 Å². The van der Waals surface area contributed by atoms with E-state index < -0.39 is 0 Å². The number of rotatable bonds is 6. The Labute approximate surface area is 151 Å². The lowest BCUT2D eigenvalue weighted by Gasteiger charge is -2.16. The van der Waals surface area contributed by atoms with Gasteiger partial charge in [-0.2, -0.15) is 0 Å². The van der Waals surface area contributed by atoms with Crippen molar-refractivity contribution < 1.29 is 14.3 Å². The number of carbonyl (C=O) groups is 1. The Kier molecular flexibility index (Phi) is 8.44. The van der Waals surface area contributed by atoms with E-state index in [-0.39, 0.29) is 18.3 Å². The molecule has 1 aliphatic heterocycles. The number of hydrogen-bond acceptors (Lipinski definition) is 4. The first-order valence-corrected chi connectivity index (χ1v) is 8.12. The highest BCUT2D eigenvalue weighted by Crippen LogP contribution is 2.36. The molecule has 0 saturated heterocycles. The Morgan fingerprint density at radius 1 is 1.43 bits per heavy atom. The molecule has 0 atom stereocenters. The van der Waals surface area contributed by atoms with Gasteiger partial charge in [0, 0.05) is 18.7 Å². The van der Waals surface area contributed by atoms with Crippen LogP contribution in [-0.2, 0) is 0 Å². The van der Waals surface area contributed by atoms with Crippen molar-refractivity contribution in [1.29, 1.82) is 0 Å². The van der Waals surface area contributed by atoms with E-state index in [1.54, 1.807) is 19.2 Å². The van der Waals surface area contributed by atoms with Gasteiger partial charge in [-0.25, -0.2) is 0 Å². The predicted molar refractivity (Wildman–Crippen MR) is 97.0 cm³/mol. The fourth-order valence-corrected chi connectivity index (χ4v) is 2.82. The number of hydrogen-bond donors (Lipinski definition) is 2. The topological polar surface area (TPSA) is 59.6 Å². The van der Waals surface area contributed by atoms with E-state index in [1.165, 1.54) is 5.57 Å². The van der Waals surface area contributed by atoms with Crippen molar-refractivity contribution in [1.82, 2.24) is 10.6 Å². The van der Waals surface area contributed by atoms with Crippen molar-refractivity contribution in [3.05, 3.63) is 33.8 Å². The van der Waals surface area contributed by atoms with Gasteiger partial charge >= 0.3 is 0 Å². The third-order valence-electron chi connectivity index (χ3n) is 3.41. The van der Waals surface area contributed by atoms with Crippen LogP contribution in [0.15, 0.2) is 28.3 Å². The first-order valence-electron chi connectivity index (χ1n) is 7.32. The van der Waals surface area contributed by atoms with Gasteiger partial charge in [0.1, 0.15) is 0 Å². The van der Waals surface area contributed by atoms with Crippen LogP contribution in [0.2, 0.25) is 0 Å². The minimum absolute atomic E-state index is 0. The molecule has 0 unspecified atom stereocenters. The molecular formula is C16H22BrClN2O3. The van der Waals surface area contributed by atoms with Gasteiger partial charge < -0.3 is 20.1 Å². The van der Waals surface area contributed by atoms with E-state index >= 15 is 0 Å². The lowest BCUT2D eigenvalue weighted by Crippen LogP contribution is -2.29. The minimum atomic E-state index is -0.124. The Balaban J connectivity index is 0.00000264. The van der Waals surface area contributed by atoms with Gasteiger partial charge in [-0.15, -0.1) is 12.4 Å². The highest BCUT2D eigenvalue weighted by atomic mass is 79.9. The van der Waals surface area contributed by atoms with Gasteiger partial charge in [0.25, 0.3) is 5.91 Å². The van der Waals surface area contributed by atoms with Gasteiger partial charge in [0.2, 0.25) is 0 Å². The third-order valence-corrected chi connectivity index (χ3v) is 4.00. The van der Waals surface area contributed by atoms with E-state index in [0.717, 1.165) is 19.5 Å². The summed E-state index contributed by atoms with van der Waals surface area (Å²) in [5.41, 5.74) is 1.80. The fourth-order valence-electron chi connectivity index (χ4n) is 2.26. The Morgan fingerprint density at radius 3 is 2.83 bits per heavy atom. The summed E-state index contributed by atoms with van der Waals surface area (Å²) in [5, 5.41) is 6.20. The molecule has 7 heteroatoms. The maximum Gasteiger partial charge on any atom is 0.251 e. The SMILES string of the molecule is CCOc1c(Br)cc(C(=O)NCC2=CCNCC2)cc1OC.Cl. The molecule has 2 rings (SSSR count). The molecule has 0 spiro atoms. The average molecular weight is 406 g/mol. The van der Waals surface area contributed by atoms with Crippen molar-refractivity contribution >= 4 is 34.2 Å². The second-order valence-corrected chi connectivity index (χ2v) is 5.78. The monoisotopic (exact) mass is 404 g/mol. The van der Waals surface area contributed by atoms with E-state index in [0.29, 0.717) is 34.7 Å².